The molecule has 2 heterocycles. The van der Waals surface area contributed by atoms with Gasteiger partial charge in [0.25, 0.3) is 0 Å². The molecule has 0 aromatic carbocycles. The van der Waals surface area contributed by atoms with Crippen molar-refractivity contribution in [3.05, 3.63) is 0 Å². The van der Waals surface area contributed by atoms with Crippen LogP contribution in [0.25, 0.3) is 0 Å². The van der Waals surface area contributed by atoms with E-state index < -0.39 is 0 Å². The van der Waals surface area contributed by atoms with Crippen LogP contribution in [-0.4, -0.2) is 78.9 Å². The van der Waals surface area contributed by atoms with Gasteiger partial charge >= 0.3 is 5.97 Å². The topological polar surface area (TPSA) is 79.0 Å². The van der Waals surface area contributed by atoms with Gasteiger partial charge in [-0.1, -0.05) is 6.42 Å². The van der Waals surface area contributed by atoms with Crippen LogP contribution in [0.5, 0.6) is 0 Å². The number of hydrogen-bond acceptors (Lipinski definition) is 6. The molecule has 1 atom stereocenters. The summed E-state index contributed by atoms with van der Waals surface area (Å²) in [7, 11) is 0. The van der Waals surface area contributed by atoms with Gasteiger partial charge in [0.05, 0.1) is 13.2 Å². The number of carbonyl (C=O) groups is 3. The Kier molecular flexibility index (Phi) is 6.29. The Hall–Kier alpha value is -1.47. The highest BCUT2D eigenvalue weighted by Crippen LogP contribution is 2.29. The molecule has 3 aliphatic rings. The Morgan fingerprint density at radius 2 is 2.04 bits per heavy atom. The number of piperazine rings is 1. The largest absolute Gasteiger partial charge is 0.465 e. The maximum Gasteiger partial charge on any atom is 0.325 e. The van der Waals surface area contributed by atoms with Crippen molar-refractivity contribution in [3.8, 4) is 0 Å². The van der Waals surface area contributed by atoms with E-state index in [1.54, 1.807) is 11.8 Å². The number of Topliss-reactive ketones (excluding diaryl/α,β-unsaturated/α-hetero) is 1. The molecule has 7 nitrogen and oxygen atoms in total. The van der Waals surface area contributed by atoms with Crippen LogP contribution in [0.1, 0.15) is 45.4 Å². The summed E-state index contributed by atoms with van der Waals surface area (Å²) in [6, 6.07) is 0. The lowest BCUT2D eigenvalue weighted by Crippen LogP contribution is -2.61. The third-order valence-electron chi connectivity index (χ3n) is 6.05. The molecule has 3 fully saturated rings. The van der Waals surface area contributed by atoms with Gasteiger partial charge in [0.15, 0.2) is 0 Å². The molecule has 1 saturated carbocycles. The van der Waals surface area contributed by atoms with Gasteiger partial charge in [0, 0.05) is 44.1 Å². The second-order valence-electron chi connectivity index (χ2n) is 7.88. The van der Waals surface area contributed by atoms with Gasteiger partial charge < -0.3 is 15.0 Å². The first kappa shape index (κ1) is 19.3. The van der Waals surface area contributed by atoms with Crippen molar-refractivity contribution in [2.45, 2.75) is 51.0 Å². The van der Waals surface area contributed by atoms with Crippen LogP contribution in [0.2, 0.25) is 0 Å². The van der Waals surface area contributed by atoms with E-state index in [0.717, 1.165) is 45.3 Å². The number of carbonyl (C=O) groups excluding carboxylic acids is 3. The molecule has 146 valence electrons. The predicted molar refractivity (Wildman–Crippen MR) is 96.6 cm³/mol. The summed E-state index contributed by atoms with van der Waals surface area (Å²) in [5, 5.41) is 3.61. The Morgan fingerprint density at radius 1 is 1.23 bits per heavy atom. The lowest BCUT2D eigenvalue weighted by atomic mass is 9.81. The molecule has 1 amide bonds. The van der Waals surface area contributed by atoms with E-state index >= 15 is 0 Å². The minimum absolute atomic E-state index is 0.0133. The number of likely N-dealkylation sites (tertiary alicyclic amines) is 1. The summed E-state index contributed by atoms with van der Waals surface area (Å²) in [5.41, 5.74) is -0.142. The van der Waals surface area contributed by atoms with E-state index in [9.17, 15) is 14.4 Å². The van der Waals surface area contributed by atoms with Crippen molar-refractivity contribution in [2.24, 2.45) is 5.92 Å². The fraction of sp³-hybridized carbons (Fsp3) is 0.842. The van der Waals surface area contributed by atoms with E-state index in [0.29, 0.717) is 31.9 Å². The molecule has 0 radical (unpaired) electrons. The van der Waals surface area contributed by atoms with Crippen LogP contribution in [0.15, 0.2) is 0 Å². The SMILES string of the molecule is CCOC(=O)CN1CCC2(CCC1=O)CN(CC(=O)C1CCC1)CCN2. The van der Waals surface area contributed by atoms with Gasteiger partial charge in [-0.3, -0.25) is 19.3 Å². The second-order valence-corrected chi connectivity index (χ2v) is 7.88. The lowest BCUT2D eigenvalue weighted by molar-refractivity contribution is -0.148. The number of ketones is 1. The van der Waals surface area contributed by atoms with E-state index in [2.05, 4.69) is 10.2 Å². The molecule has 0 aromatic rings. The first-order valence-electron chi connectivity index (χ1n) is 9.95. The summed E-state index contributed by atoms with van der Waals surface area (Å²) in [4.78, 5) is 40.3. The van der Waals surface area contributed by atoms with Crippen molar-refractivity contribution in [2.75, 3.05) is 45.9 Å². The quantitative estimate of drug-likeness (QED) is 0.694. The number of hydrogen-bond donors (Lipinski definition) is 1. The van der Waals surface area contributed by atoms with Crippen LogP contribution in [0.4, 0.5) is 0 Å². The molecule has 26 heavy (non-hydrogen) atoms. The van der Waals surface area contributed by atoms with Gasteiger partial charge in [-0.2, -0.15) is 0 Å². The lowest BCUT2D eigenvalue weighted by Gasteiger charge is -2.43. The summed E-state index contributed by atoms with van der Waals surface area (Å²) in [6.45, 7) is 5.73. The second kappa shape index (κ2) is 8.48. The molecule has 0 aromatic heterocycles. The standard InChI is InChI=1S/C19H31N3O4/c1-2-26-18(25)13-22-10-8-19(7-6-17(22)24)14-21(11-9-20-19)12-16(23)15-4-3-5-15/h15,20H,2-14H2,1H3. The van der Waals surface area contributed by atoms with Crippen LogP contribution in [-0.2, 0) is 19.1 Å². The van der Waals surface area contributed by atoms with Crippen molar-refractivity contribution in [1.29, 1.82) is 0 Å². The average molecular weight is 365 g/mol. The summed E-state index contributed by atoms with van der Waals surface area (Å²) in [5.74, 6) is 0.319. The third kappa shape index (κ3) is 4.62. The Bertz CT molecular complexity index is 549. The molecular weight excluding hydrogens is 334 g/mol. The maximum absolute atomic E-state index is 12.4. The number of ether oxygens (including phenoxy) is 1. The zero-order valence-corrected chi connectivity index (χ0v) is 15.8. The highest BCUT2D eigenvalue weighted by Gasteiger charge is 2.39. The molecular formula is C19H31N3O4. The first-order chi connectivity index (χ1) is 12.5. The molecule has 1 aliphatic carbocycles. The highest BCUT2D eigenvalue weighted by molar-refractivity contribution is 5.84. The fourth-order valence-corrected chi connectivity index (χ4v) is 4.22. The van der Waals surface area contributed by atoms with Crippen LogP contribution < -0.4 is 5.32 Å². The van der Waals surface area contributed by atoms with Gasteiger partial charge in [0.2, 0.25) is 5.91 Å². The first-order valence-corrected chi connectivity index (χ1v) is 9.95. The van der Waals surface area contributed by atoms with Gasteiger partial charge in [-0.05, 0) is 32.6 Å². The summed E-state index contributed by atoms with van der Waals surface area (Å²) in [6.07, 6.45) is 5.25. The van der Waals surface area contributed by atoms with E-state index in [1.807, 2.05) is 0 Å². The molecule has 2 saturated heterocycles. The smallest absolute Gasteiger partial charge is 0.325 e. The number of nitrogens with zero attached hydrogens (tertiary/aromatic N) is 2. The van der Waals surface area contributed by atoms with Crippen molar-refractivity contribution >= 4 is 17.7 Å². The van der Waals surface area contributed by atoms with Crippen LogP contribution in [0.3, 0.4) is 0 Å². The number of esters is 1. The molecule has 1 spiro atoms. The van der Waals surface area contributed by atoms with Crippen molar-refractivity contribution in [1.82, 2.24) is 15.1 Å². The van der Waals surface area contributed by atoms with E-state index in [1.165, 1.54) is 6.42 Å². The van der Waals surface area contributed by atoms with Gasteiger partial charge in [-0.25, -0.2) is 0 Å². The number of nitrogens with one attached hydrogen (secondary N) is 1. The zero-order chi connectivity index (χ0) is 18.6. The monoisotopic (exact) mass is 365 g/mol. The third-order valence-corrected chi connectivity index (χ3v) is 6.05. The zero-order valence-electron chi connectivity index (χ0n) is 15.8. The summed E-state index contributed by atoms with van der Waals surface area (Å²) >= 11 is 0. The normalized spacial score (nSPS) is 27.9. The molecule has 3 rings (SSSR count). The Labute approximate surface area is 155 Å². The highest BCUT2D eigenvalue weighted by atomic mass is 16.5. The predicted octanol–water partition coefficient (Wildman–Crippen LogP) is 0.575. The Morgan fingerprint density at radius 3 is 2.73 bits per heavy atom. The molecule has 7 heteroatoms. The van der Waals surface area contributed by atoms with Gasteiger partial charge in [-0.15, -0.1) is 0 Å². The molecule has 1 unspecified atom stereocenters. The van der Waals surface area contributed by atoms with E-state index in [-0.39, 0.29) is 29.9 Å². The Balaban J connectivity index is 1.56. The van der Waals surface area contributed by atoms with Crippen molar-refractivity contribution < 1.29 is 19.1 Å². The minimum atomic E-state index is -0.346. The minimum Gasteiger partial charge on any atom is -0.465 e. The van der Waals surface area contributed by atoms with Crippen LogP contribution >= 0.6 is 0 Å². The number of rotatable bonds is 6. The molecule has 0 bridgehead atoms. The summed E-state index contributed by atoms with van der Waals surface area (Å²) < 4.78 is 4.98. The number of amides is 1. The maximum atomic E-state index is 12.4. The molecule has 2 aliphatic heterocycles. The molecule has 1 N–H and O–H groups in total. The van der Waals surface area contributed by atoms with Gasteiger partial charge in [0.1, 0.15) is 12.3 Å². The van der Waals surface area contributed by atoms with E-state index in [4.69, 9.17) is 4.74 Å². The van der Waals surface area contributed by atoms with Crippen LogP contribution in [0, 0.1) is 5.92 Å². The average Bonchev–Trinajstić information content (AvgIpc) is 2.68. The fourth-order valence-electron chi connectivity index (χ4n) is 4.22. The van der Waals surface area contributed by atoms with Crippen molar-refractivity contribution in [3.63, 3.8) is 0 Å².